The number of aromatic nitrogens is 2. The number of H-pyrrole nitrogens is 1. The molecule has 0 spiro atoms. The van der Waals surface area contributed by atoms with Gasteiger partial charge in [0.05, 0.1) is 22.1 Å². The normalized spacial score (nSPS) is 12.1. The van der Waals surface area contributed by atoms with Gasteiger partial charge in [0.2, 0.25) is 5.91 Å². The van der Waals surface area contributed by atoms with E-state index >= 15 is 0 Å². The summed E-state index contributed by atoms with van der Waals surface area (Å²) >= 11 is 2.74. The molecule has 2 aromatic heterocycles. The quantitative estimate of drug-likeness (QED) is 0.0833. The number of para-hydroxylation sites is 1. The van der Waals surface area contributed by atoms with E-state index in [0.717, 1.165) is 37.3 Å². The summed E-state index contributed by atoms with van der Waals surface area (Å²) in [4.78, 5) is 48.3. The molecule has 0 aliphatic heterocycles. The van der Waals surface area contributed by atoms with E-state index in [9.17, 15) is 14.4 Å². The second-order valence-corrected chi connectivity index (χ2v) is 12.9. The minimum absolute atomic E-state index is 0.0821. The van der Waals surface area contributed by atoms with Crippen molar-refractivity contribution in [1.29, 1.82) is 0 Å². The lowest BCUT2D eigenvalue weighted by molar-refractivity contribution is -0.115. The molecule has 0 aliphatic carbocycles. The summed E-state index contributed by atoms with van der Waals surface area (Å²) in [5, 5.41) is 9.59. The van der Waals surface area contributed by atoms with Gasteiger partial charge < -0.3 is 25.7 Å². The van der Waals surface area contributed by atoms with Crippen LogP contribution >= 0.6 is 23.1 Å². The van der Waals surface area contributed by atoms with E-state index in [1.54, 1.807) is 54.7 Å². The maximum atomic E-state index is 13.6. The van der Waals surface area contributed by atoms with Gasteiger partial charge in [0.1, 0.15) is 11.4 Å². The Bertz CT molecular complexity index is 2100. The molecule has 236 valence electrons. The molecule has 2 heterocycles. The third-order valence-electron chi connectivity index (χ3n) is 7.12. The molecule has 0 radical (unpaired) electrons. The van der Waals surface area contributed by atoms with Crippen LogP contribution in [0.25, 0.3) is 27.2 Å². The van der Waals surface area contributed by atoms with Crippen molar-refractivity contribution in [2.24, 2.45) is 0 Å². The van der Waals surface area contributed by atoms with E-state index in [2.05, 4.69) is 25.9 Å². The van der Waals surface area contributed by atoms with Crippen LogP contribution in [-0.4, -0.2) is 39.5 Å². The van der Waals surface area contributed by atoms with E-state index in [4.69, 9.17) is 4.74 Å². The Hall–Kier alpha value is -5.39. The van der Waals surface area contributed by atoms with E-state index in [1.165, 1.54) is 23.1 Å². The Kier molecular flexibility index (Phi) is 9.65. The van der Waals surface area contributed by atoms with Gasteiger partial charge in [0.25, 0.3) is 11.8 Å². The molecule has 4 N–H and O–H groups in total. The number of thioether (sulfide) groups is 1. The molecule has 47 heavy (non-hydrogen) atoms. The third kappa shape index (κ3) is 7.71. The predicted molar refractivity (Wildman–Crippen MR) is 190 cm³/mol. The average Bonchev–Trinajstić information content (AvgIpc) is 3.68. The maximum absolute atomic E-state index is 13.6. The highest BCUT2D eigenvalue weighted by Gasteiger charge is 2.19. The van der Waals surface area contributed by atoms with Crippen LogP contribution in [0.4, 0.5) is 10.8 Å². The van der Waals surface area contributed by atoms with E-state index in [1.807, 2.05) is 68.4 Å². The van der Waals surface area contributed by atoms with Crippen LogP contribution in [0.2, 0.25) is 0 Å². The molecule has 6 rings (SSSR count). The van der Waals surface area contributed by atoms with Crippen LogP contribution in [0, 0.1) is 0 Å². The first-order valence-electron chi connectivity index (χ1n) is 14.9. The SMILES string of the molecule is CCOc1ccc2nc(NC(=O)C(C)Sc3cccc(NC(=O)/C(=C/c4c[nH]c5ccccc45)NC(=O)c4ccccc4)c3)sc2c1. The van der Waals surface area contributed by atoms with Crippen LogP contribution < -0.4 is 20.7 Å². The lowest BCUT2D eigenvalue weighted by Gasteiger charge is -2.13. The van der Waals surface area contributed by atoms with Crippen molar-refractivity contribution in [1.82, 2.24) is 15.3 Å². The molecule has 3 amide bonds. The first kappa shape index (κ1) is 31.6. The van der Waals surface area contributed by atoms with Gasteiger partial charge in [-0.2, -0.15) is 0 Å². The molecule has 0 saturated carbocycles. The summed E-state index contributed by atoms with van der Waals surface area (Å²) in [6, 6.07) is 29.3. The summed E-state index contributed by atoms with van der Waals surface area (Å²) in [5.41, 5.74) is 3.48. The fourth-order valence-corrected chi connectivity index (χ4v) is 6.66. The van der Waals surface area contributed by atoms with Crippen molar-refractivity contribution in [2.45, 2.75) is 24.0 Å². The van der Waals surface area contributed by atoms with E-state index in [-0.39, 0.29) is 11.6 Å². The fourth-order valence-electron chi connectivity index (χ4n) is 4.84. The number of anilines is 2. The Balaban J connectivity index is 1.15. The molecule has 0 aliphatic rings. The van der Waals surface area contributed by atoms with Crippen LogP contribution in [0.5, 0.6) is 5.75 Å². The van der Waals surface area contributed by atoms with Gasteiger partial charge in [-0.25, -0.2) is 4.98 Å². The highest BCUT2D eigenvalue weighted by atomic mass is 32.2. The Morgan fingerprint density at radius 1 is 0.957 bits per heavy atom. The lowest BCUT2D eigenvalue weighted by atomic mass is 10.1. The van der Waals surface area contributed by atoms with Gasteiger partial charge in [-0.1, -0.05) is 53.8 Å². The van der Waals surface area contributed by atoms with E-state index < -0.39 is 17.1 Å². The number of benzene rings is 4. The van der Waals surface area contributed by atoms with Gasteiger partial charge in [0, 0.05) is 38.8 Å². The standard InChI is InChI=1S/C36H31N5O4S2/c1-3-45-26-16-17-30-32(20-26)47-36(40-30)41-33(42)22(2)46-27-13-9-12-25(19-27)38-35(44)31(39-34(43)23-10-5-4-6-11-23)18-24-21-37-29-15-8-7-14-28(24)29/h4-22,37H,3H2,1-2H3,(H,38,44)(H,39,43)(H,40,41,42)/b31-18-. The molecule has 0 fully saturated rings. The number of amides is 3. The summed E-state index contributed by atoms with van der Waals surface area (Å²) < 4.78 is 6.49. The molecular weight excluding hydrogens is 631 g/mol. The fraction of sp³-hybridized carbons (Fsp3) is 0.111. The number of hydrogen-bond donors (Lipinski definition) is 4. The average molecular weight is 662 g/mol. The third-order valence-corrected chi connectivity index (χ3v) is 9.15. The second kappa shape index (κ2) is 14.4. The zero-order chi connectivity index (χ0) is 32.8. The summed E-state index contributed by atoms with van der Waals surface area (Å²) in [6.07, 6.45) is 3.45. The monoisotopic (exact) mass is 661 g/mol. The molecule has 1 atom stereocenters. The smallest absolute Gasteiger partial charge is 0.272 e. The van der Waals surface area contributed by atoms with Crippen LogP contribution in [-0.2, 0) is 9.59 Å². The number of aromatic amines is 1. The molecular formula is C36H31N5O4S2. The molecule has 0 bridgehead atoms. The lowest BCUT2D eigenvalue weighted by Crippen LogP contribution is -2.30. The van der Waals surface area contributed by atoms with Crippen molar-refractivity contribution < 1.29 is 19.1 Å². The highest BCUT2D eigenvalue weighted by Crippen LogP contribution is 2.31. The summed E-state index contributed by atoms with van der Waals surface area (Å²) in [7, 11) is 0. The molecule has 4 aromatic carbocycles. The van der Waals surface area contributed by atoms with Crippen molar-refractivity contribution in [3.05, 3.63) is 120 Å². The number of nitrogens with zero attached hydrogens (tertiary/aromatic N) is 1. The Morgan fingerprint density at radius 2 is 1.77 bits per heavy atom. The van der Waals surface area contributed by atoms with Gasteiger partial charge in [0.15, 0.2) is 5.13 Å². The number of ether oxygens (including phenoxy) is 1. The Labute approximate surface area is 279 Å². The second-order valence-electron chi connectivity index (χ2n) is 10.5. The number of fused-ring (bicyclic) bond motifs is 2. The zero-order valence-electron chi connectivity index (χ0n) is 25.6. The largest absolute Gasteiger partial charge is 0.494 e. The number of carbonyl (C=O) groups excluding carboxylic acids is 3. The summed E-state index contributed by atoms with van der Waals surface area (Å²) in [6.45, 7) is 4.31. The van der Waals surface area contributed by atoms with Gasteiger partial charge >= 0.3 is 0 Å². The minimum Gasteiger partial charge on any atom is -0.494 e. The van der Waals surface area contributed by atoms with E-state index in [0.29, 0.717) is 23.0 Å². The minimum atomic E-state index is -0.490. The van der Waals surface area contributed by atoms with Gasteiger partial charge in [-0.3, -0.25) is 14.4 Å². The molecule has 11 heteroatoms. The maximum Gasteiger partial charge on any atom is 0.272 e. The van der Waals surface area contributed by atoms with Crippen LogP contribution in [0.15, 0.2) is 114 Å². The van der Waals surface area contributed by atoms with Crippen LogP contribution in [0.1, 0.15) is 29.8 Å². The number of thiazole rings is 1. The molecule has 6 aromatic rings. The Morgan fingerprint density at radius 3 is 2.60 bits per heavy atom. The van der Waals surface area contributed by atoms with Crippen molar-refractivity contribution in [3.63, 3.8) is 0 Å². The highest BCUT2D eigenvalue weighted by molar-refractivity contribution is 8.00. The van der Waals surface area contributed by atoms with Crippen molar-refractivity contribution in [2.75, 3.05) is 17.2 Å². The molecule has 9 nitrogen and oxygen atoms in total. The van der Waals surface area contributed by atoms with Crippen molar-refractivity contribution >= 4 is 78.8 Å². The number of rotatable bonds is 11. The number of carbonyl (C=O) groups is 3. The topological polar surface area (TPSA) is 125 Å². The number of hydrogen-bond acceptors (Lipinski definition) is 7. The molecule has 1 unspecified atom stereocenters. The first-order chi connectivity index (χ1) is 22.9. The molecule has 0 saturated heterocycles. The van der Waals surface area contributed by atoms with Crippen LogP contribution in [0.3, 0.4) is 0 Å². The first-order valence-corrected chi connectivity index (χ1v) is 16.6. The van der Waals surface area contributed by atoms with Crippen molar-refractivity contribution in [3.8, 4) is 5.75 Å². The van der Waals surface area contributed by atoms with Gasteiger partial charge in [-0.05, 0) is 74.5 Å². The predicted octanol–water partition coefficient (Wildman–Crippen LogP) is 7.71. The number of nitrogens with one attached hydrogen (secondary N) is 4. The zero-order valence-corrected chi connectivity index (χ0v) is 27.2. The summed E-state index contributed by atoms with van der Waals surface area (Å²) in [5.74, 6) is -0.327. The van der Waals surface area contributed by atoms with Gasteiger partial charge in [-0.15, -0.1) is 11.8 Å².